The number of carbonyl (C=O) groups is 2. The van der Waals surface area contributed by atoms with Crippen LogP contribution in [0.4, 0.5) is 13.2 Å². The van der Waals surface area contributed by atoms with Crippen LogP contribution >= 0.6 is 12.4 Å². The van der Waals surface area contributed by atoms with E-state index in [1.807, 2.05) is 5.32 Å². The summed E-state index contributed by atoms with van der Waals surface area (Å²) in [7, 11) is 0. The lowest BCUT2D eigenvalue weighted by Crippen LogP contribution is -2.55. The molecule has 1 saturated carbocycles. The Balaban J connectivity index is 0.00000242. The van der Waals surface area contributed by atoms with Crippen LogP contribution in [0.15, 0.2) is 0 Å². The van der Waals surface area contributed by atoms with Crippen LogP contribution in [0.1, 0.15) is 38.5 Å². The molecular formula is C13H21ClF3N3O2. The molecule has 2 aliphatic rings. The predicted molar refractivity (Wildman–Crippen MR) is 76.3 cm³/mol. The molecule has 2 atom stereocenters. The third kappa shape index (κ3) is 4.74. The van der Waals surface area contributed by atoms with Gasteiger partial charge in [0.1, 0.15) is 12.0 Å². The van der Waals surface area contributed by atoms with E-state index in [4.69, 9.17) is 5.73 Å². The van der Waals surface area contributed by atoms with E-state index in [-0.39, 0.29) is 37.3 Å². The van der Waals surface area contributed by atoms with Gasteiger partial charge < -0.3 is 16.4 Å². The van der Waals surface area contributed by atoms with Crippen molar-refractivity contribution >= 4 is 24.2 Å². The largest absolute Gasteiger partial charge is 0.408 e. The van der Waals surface area contributed by atoms with Crippen molar-refractivity contribution < 1.29 is 22.8 Å². The summed E-state index contributed by atoms with van der Waals surface area (Å²) in [6.07, 6.45) is -1.71. The normalized spacial score (nSPS) is 32.6. The minimum absolute atomic E-state index is 0. The summed E-state index contributed by atoms with van der Waals surface area (Å²) in [4.78, 5) is 23.7. The quantitative estimate of drug-likeness (QED) is 0.660. The van der Waals surface area contributed by atoms with Crippen LogP contribution in [0, 0.1) is 5.92 Å². The maximum absolute atomic E-state index is 12.5. The molecule has 1 heterocycles. The van der Waals surface area contributed by atoms with E-state index in [9.17, 15) is 22.8 Å². The molecule has 2 amide bonds. The average molecular weight is 344 g/mol. The lowest BCUT2D eigenvalue weighted by Gasteiger charge is -2.32. The maximum Gasteiger partial charge on any atom is 0.408 e. The van der Waals surface area contributed by atoms with Gasteiger partial charge in [-0.25, -0.2) is 0 Å². The van der Waals surface area contributed by atoms with Crippen LogP contribution in [-0.4, -0.2) is 36.1 Å². The van der Waals surface area contributed by atoms with E-state index in [1.54, 1.807) is 0 Å². The van der Waals surface area contributed by atoms with Crippen LogP contribution in [0.3, 0.4) is 0 Å². The highest BCUT2D eigenvalue weighted by atomic mass is 35.5. The summed E-state index contributed by atoms with van der Waals surface area (Å²) in [5.74, 6) is -2.35. The van der Waals surface area contributed by atoms with E-state index < -0.39 is 30.0 Å². The molecule has 0 aromatic heterocycles. The first kappa shape index (κ1) is 19.0. The fraction of sp³-hybridized carbons (Fsp3) is 0.846. The third-order valence-corrected chi connectivity index (χ3v) is 4.21. The molecule has 0 spiro atoms. The molecule has 2 rings (SSSR count). The van der Waals surface area contributed by atoms with E-state index in [2.05, 4.69) is 5.32 Å². The molecule has 2 fully saturated rings. The van der Waals surface area contributed by atoms with Gasteiger partial charge >= 0.3 is 6.18 Å². The van der Waals surface area contributed by atoms with Gasteiger partial charge in [0, 0.05) is 12.1 Å². The van der Waals surface area contributed by atoms with Crippen molar-refractivity contribution in [3.63, 3.8) is 0 Å². The Bertz CT molecular complexity index is 412. The Hall–Kier alpha value is -1.02. The van der Waals surface area contributed by atoms with Gasteiger partial charge in [-0.15, -0.1) is 12.4 Å². The fourth-order valence-electron chi connectivity index (χ4n) is 2.87. The molecule has 128 valence electrons. The second kappa shape index (κ2) is 7.50. The highest BCUT2D eigenvalue weighted by Crippen LogP contribution is 2.28. The fourth-order valence-corrected chi connectivity index (χ4v) is 2.87. The van der Waals surface area contributed by atoms with Gasteiger partial charge in [0.15, 0.2) is 0 Å². The number of nitrogens with one attached hydrogen (secondary N) is 2. The van der Waals surface area contributed by atoms with Crippen molar-refractivity contribution in [3.05, 3.63) is 0 Å². The number of hydrogen-bond acceptors (Lipinski definition) is 3. The topological polar surface area (TPSA) is 84.2 Å². The first-order valence-electron chi connectivity index (χ1n) is 7.20. The molecule has 4 N–H and O–H groups in total. The van der Waals surface area contributed by atoms with Crippen LogP contribution in [-0.2, 0) is 9.59 Å². The van der Waals surface area contributed by atoms with Gasteiger partial charge in [-0.1, -0.05) is 0 Å². The summed E-state index contributed by atoms with van der Waals surface area (Å²) >= 11 is 0. The molecule has 0 bridgehead atoms. The molecule has 5 nitrogen and oxygen atoms in total. The second-order valence-electron chi connectivity index (χ2n) is 5.85. The molecule has 9 heteroatoms. The summed E-state index contributed by atoms with van der Waals surface area (Å²) in [6, 6.07) is -1.74. The van der Waals surface area contributed by atoms with Crippen molar-refractivity contribution in [1.29, 1.82) is 0 Å². The smallest absolute Gasteiger partial charge is 0.353 e. The maximum atomic E-state index is 12.5. The number of rotatable bonds is 2. The summed E-state index contributed by atoms with van der Waals surface area (Å²) in [5, 5.41) is 4.64. The Morgan fingerprint density at radius 1 is 1.14 bits per heavy atom. The molecule has 1 aliphatic heterocycles. The van der Waals surface area contributed by atoms with E-state index in [1.165, 1.54) is 0 Å². The molecule has 2 unspecified atom stereocenters. The molecule has 0 aromatic carbocycles. The van der Waals surface area contributed by atoms with Gasteiger partial charge in [-0.3, -0.25) is 9.59 Å². The Labute approximate surface area is 133 Å². The van der Waals surface area contributed by atoms with Gasteiger partial charge in [-0.2, -0.15) is 13.2 Å². The molecule has 0 aromatic rings. The lowest BCUT2D eigenvalue weighted by atomic mass is 9.89. The number of piperidine rings is 1. The van der Waals surface area contributed by atoms with Crippen LogP contribution in [0.25, 0.3) is 0 Å². The number of carbonyl (C=O) groups excluding carboxylic acids is 2. The first-order valence-corrected chi connectivity index (χ1v) is 7.20. The zero-order valence-electron chi connectivity index (χ0n) is 12.0. The van der Waals surface area contributed by atoms with Crippen molar-refractivity contribution in [2.24, 2.45) is 11.7 Å². The Morgan fingerprint density at radius 2 is 1.73 bits per heavy atom. The standard InChI is InChI=1S/C13H20F3N3O2.ClH/c14-13(15,16)10-6-5-9(12(21)19-10)11(20)18-8-3-1-7(17)2-4-8;/h7-10H,1-6,17H2,(H,18,20)(H,19,21);1H. The zero-order chi connectivity index (χ0) is 15.6. The van der Waals surface area contributed by atoms with Crippen molar-refractivity contribution in [1.82, 2.24) is 10.6 Å². The van der Waals surface area contributed by atoms with E-state index in [0.717, 1.165) is 25.7 Å². The van der Waals surface area contributed by atoms with Crippen LogP contribution in [0.2, 0.25) is 0 Å². The number of hydrogen-bond donors (Lipinski definition) is 3. The molecule has 22 heavy (non-hydrogen) atoms. The Morgan fingerprint density at radius 3 is 2.23 bits per heavy atom. The summed E-state index contributed by atoms with van der Waals surface area (Å²) < 4.78 is 37.6. The first-order chi connectivity index (χ1) is 9.77. The third-order valence-electron chi connectivity index (χ3n) is 4.21. The monoisotopic (exact) mass is 343 g/mol. The molecule has 1 aliphatic carbocycles. The van der Waals surface area contributed by atoms with Crippen molar-refractivity contribution in [2.45, 2.75) is 62.8 Å². The lowest BCUT2D eigenvalue weighted by molar-refractivity contribution is -0.171. The van der Waals surface area contributed by atoms with Gasteiger partial charge in [0.05, 0.1) is 0 Å². The number of nitrogens with two attached hydrogens (primary N) is 1. The number of alkyl halides is 3. The van der Waals surface area contributed by atoms with Crippen LogP contribution in [0.5, 0.6) is 0 Å². The molecule has 0 radical (unpaired) electrons. The number of halogens is 4. The summed E-state index contributed by atoms with van der Waals surface area (Å²) in [6.45, 7) is 0. The van der Waals surface area contributed by atoms with Crippen LogP contribution < -0.4 is 16.4 Å². The van der Waals surface area contributed by atoms with E-state index >= 15 is 0 Å². The Kier molecular flexibility index (Phi) is 6.49. The minimum atomic E-state index is -4.46. The zero-order valence-corrected chi connectivity index (χ0v) is 12.8. The van der Waals surface area contributed by atoms with Crippen molar-refractivity contribution in [2.75, 3.05) is 0 Å². The second-order valence-corrected chi connectivity index (χ2v) is 5.85. The van der Waals surface area contributed by atoms with E-state index in [0.29, 0.717) is 0 Å². The number of amides is 2. The van der Waals surface area contributed by atoms with Gasteiger partial charge in [0.2, 0.25) is 11.8 Å². The summed E-state index contributed by atoms with van der Waals surface area (Å²) in [5.41, 5.74) is 5.77. The average Bonchev–Trinajstić information content (AvgIpc) is 2.40. The highest BCUT2D eigenvalue weighted by Gasteiger charge is 2.46. The predicted octanol–water partition coefficient (Wildman–Crippen LogP) is 1.25. The van der Waals surface area contributed by atoms with Gasteiger partial charge in [0.25, 0.3) is 0 Å². The molecular weight excluding hydrogens is 323 g/mol. The SMILES string of the molecule is Cl.NC1CCC(NC(=O)C2CCC(C(F)(F)F)NC2=O)CC1. The van der Waals surface area contributed by atoms with Gasteiger partial charge in [-0.05, 0) is 38.5 Å². The highest BCUT2D eigenvalue weighted by molar-refractivity contribution is 6.01. The molecule has 1 saturated heterocycles. The van der Waals surface area contributed by atoms with Crippen molar-refractivity contribution in [3.8, 4) is 0 Å². The minimum Gasteiger partial charge on any atom is -0.353 e.